The molecule has 6 heteroatoms. The van der Waals surface area contributed by atoms with Gasteiger partial charge in [-0.1, -0.05) is 28.5 Å². The minimum Gasteiger partial charge on any atom is -0.619 e. The molecular weight excluding hydrogens is 322 g/mol. The number of thiazole rings is 1. The van der Waals surface area contributed by atoms with Crippen LogP contribution in [0.3, 0.4) is 0 Å². The molecule has 3 aromatic rings. The molecule has 1 amide bonds. The van der Waals surface area contributed by atoms with Gasteiger partial charge in [-0.05, 0) is 32.0 Å². The second-order valence-corrected chi connectivity index (χ2v) is 6.71. The van der Waals surface area contributed by atoms with Crippen LogP contribution in [0.25, 0.3) is 21.7 Å². The molecule has 0 radical (unpaired) electrons. The fourth-order valence-corrected chi connectivity index (χ4v) is 3.64. The first-order valence-corrected chi connectivity index (χ1v) is 8.30. The lowest BCUT2D eigenvalue weighted by Crippen LogP contribution is -2.23. The third kappa shape index (κ3) is 3.44. The number of hydrogen-bond donors (Lipinski definition) is 1. The summed E-state index contributed by atoms with van der Waals surface area (Å²) in [6.07, 6.45) is 2.95. The molecule has 0 saturated carbocycles. The summed E-state index contributed by atoms with van der Waals surface area (Å²) in [5, 5.41) is 14.9. The molecule has 0 bridgehead atoms. The number of anilines is 1. The van der Waals surface area contributed by atoms with Gasteiger partial charge in [0.25, 0.3) is 0 Å². The number of hydrogen-bond acceptors (Lipinski definition) is 4. The van der Waals surface area contributed by atoms with Gasteiger partial charge in [0, 0.05) is 18.6 Å². The lowest BCUT2D eigenvalue weighted by atomic mass is 10.0. The molecule has 2 aromatic heterocycles. The van der Waals surface area contributed by atoms with Crippen molar-refractivity contribution in [1.82, 2.24) is 4.98 Å². The molecule has 24 heavy (non-hydrogen) atoms. The van der Waals surface area contributed by atoms with Gasteiger partial charge in [0.1, 0.15) is 0 Å². The van der Waals surface area contributed by atoms with Gasteiger partial charge >= 0.3 is 0 Å². The molecule has 5 nitrogen and oxygen atoms in total. The number of carbonyl (C=O) groups is 1. The highest BCUT2D eigenvalue weighted by molar-refractivity contribution is 7.19. The van der Waals surface area contributed by atoms with Crippen LogP contribution in [0.4, 0.5) is 5.13 Å². The molecular formula is C18H17N3O2S. The van der Waals surface area contributed by atoms with Crippen molar-refractivity contribution in [3.05, 3.63) is 59.1 Å². The van der Waals surface area contributed by atoms with Crippen LogP contribution in [0.1, 0.15) is 18.1 Å². The highest BCUT2D eigenvalue weighted by Crippen LogP contribution is 2.39. The first-order valence-electron chi connectivity index (χ1n) is 7.48. The third-order valence-electron chi connectivity index (χ3n) is 3.44. The largest absolute Gasteiger partial charge is 0.619 e. The Morgan fingerprint density at radius 2 is 1.92 bits per heavy atom. The summed E-state index contributed by atoms with van der Waals surface area (Å²) in [5.74, 6) is -0.172. The van der Waals surface area contributed by atoms with Crippen molar-refractivity contribution in [2.75, 3.05) is 5.32 Å². The number of nitrogens with one attached hydrogen (secondary N) is 1. The van der Waals surface area contributed by atoms with Crippen LogP contribution in [0.2, 0.25) is 0 Å². The minimum atomic E-state index is -0.172. The molecule has 122 valence electrons. The van der Waals surface area contributed by atoms with Crippen molar-refractivity contribution in [3.63, 3.8) is 0 Å². The van der Waals surface area contributed by atoms with E-state index in [0.717, 1.165) is 37.6 Å². The molecule has 0 spiro atoms. The Bertz CT molecular complexity index is 898. The number of aryl methyl sites for hydroxylation is 2. The Kier molecular flexibility index (Phi) is 4.31. The number of rotatable bonds is 3. The summed E-state index contributed by atoms with van der Waals surface area (Å²) in [6.45, 7) is 5.52. The molecule has 3 rings (SSSR count). The maximum Gasteiger partial charge on any atom is 0.223 e. The van der Waals surface area contributed by atoms with Gasteiger partial charge in [-0.15, -0.1) is 0 Å². The van der Waals surface area contributed by atoms with Gasteiger partial charge < -0.3 is 10.5 Å². The molecule has 2 heterocycles. The Hall–Kier alpha value is -2.73. The van der Waals surface area contributed by atoms with Crippen molar-refractivity contribution in [1.29, 1.82) is 0 Å². The monoisotopic (exact) mass is 339 g/mol. The number of carbonyl (C=O) groups excluding carboxylic acids is 1. The van der Waals surface area contributed by atoms with Gasteiger partial charge in [0.15, 0.2) is 17.5 Å². The van der Waals surface area contributed by atoms with E-state index in [1.165, 1.54) is 30.7 Å². The Morgan fingerprint density at radius 1 is 1.21 bits per heavy atom. The summed E-state index contributed by atoms with van der Waals surface area (Å²) in [4.78, 5) is 16.8. The van der Waals surface area contributed by atoms with Gasteiger partial charge in [-0.25, -0.2) is 4.98 Å². The zero-order chi connectivity index (χ0) is 17.3. The fourth-order valence-electron chi connectivity index (χ4n) is 2.62. The van der Waals surface area contributed by atoms with E-state index in [1.54, 1.807) is 6.07 Å². The van der Waals surface area contributed by atoms with Gasteiger partial charge in [-0.3, -0.25) is 4.79 Å². The second kappa shape index (κ2) is 6.41. The molecule has 0 saturated heterocycles. The summed E-state index contributed by atoms with van der Waals surface area (Å²) >= 11 is 1.36. The SMILES string of the molecule is CC(=O)Nc1nc(-c2cc(C)cc(C)c2)c(-c2ccc[n+]([O-])c2)s1. The van der Waals surface area contributed by atoms with Crippen LogP contribution < -0.4 is 10.0 Å². The lowest BCUT2D eigenvalue weighted by Gasteiger charge is -2.05. The zero-order valence-electron chi connectivity index (χ0n) is 13.7. The highest BCUT2D eigenvalue weighted by atomic mass is 32.1. The van der Waals surface area contributed by atoms with E-state index in [0.29, 0.717) is 5.13 Å². The Balaban J connectivity index is 2.19. The highest BCUT2D eigenvalue weighted by Gasteiger charge is 2.17. The van der Waals surface area contributed by atoms with E-state index in [-0.39, 0.29) is 5.91 Å². The number of nitrogens with zero attached hydrogens (tertiary/aromatic N) is 2. The van der Waals surface area contributed by atoms with E-state index >= 15 is 0 Å². The van der Waals surface area contributed by atoms with E-state index in [4.69, 9.17) is 0 Å². The predicted octanol–water partition coefficient (Wildman–Crippen LogP) is 3.69. The predicted molar refractivity (Wildman–Crippen MR) is 95.7 cm³/mol. The standard InChI is InChI=1S/C18H17N3O2S/c1-11-7-12(2)9-15(8-11)16-17(14-5-4-6-21(23)10-14)24-18(20-16)19-13(3)22/h4-10H,1-3H3,(H,19,20,22). The average molecular weight is 339 g/mol. The molecule has 1 N–H and O–H groups in total. The summed E-state index contributed by atoms with van der Waals surface area (Å²) in [5.41, 5.74) is 4.78. The van der Waals surface area contributed by atoms with E-state index in [2.05, 4.69) is 28.5 Å². The van der Waals surface area contributed by atoms with Crippen molar-refractivity contribution < 1.29 is 9.52 Å². The van der Waals surface area contributed by atoms with Crippen LogP contribution in [-0.4, -0.2) is 10.9 Å². The fraction of sp³-hybridized carbons (Fsp3) is 0.167. The molecule has 0 aliphatic carbocycles. The van der Waals surface area contributed by atoms with Crippen molar-refractivity contribution in [2.45, 2.75) is 20.8 Å². The van der Waals surface area contributed by atoms with Gasteiger partial charge in [-0.2, -0.15) is 4.73 Å². The van der Waals surface area contributed by atoms with Crippen LogP contribution in [0.5, 0.6) is 0 Å². The molecule has 0 unspecified atom stereocenters. The molecule has 0 atom stereocenters. The normalized spacial score (nSPS) is 10.6. The van der Waals surface area contributed by atoms with Gasteiger partial charge in [0.05, 0.1) is 16.1 Å². The van der Waals surface area contributed by atoms with E-state index in [9.17, 15) is 10.0 Å². The molecule has 0 aliphatic heterocycles. The van der Waals surface area contributed by atoms with Crippen LogP contribution in [0, 0.1) is 19.1 Å². The molecule has 0 fully saturated rings. The summed E-state index contributed by atoms with van der Waals surface area (Å²) in [6, 6.07) is 9.77. The third-order valence-corrected chi connectivity index (χ3v) is 4.46. The van der Waals surface area contributed by atoms with Crippen molar-refractivity contribution >= 4 is 22.4 Å². The van der Waals surface area contributed by atoms with E-state index < -0.39 is 0 Å². The Morgan fingerprint density at radius 3 is 2.54 bits per heavy atom. The number of aromatic nitrogens is 2. The lowest BCUT2D eigenvalue weighted by molar-refractivity contribution is -0.604. The first-order chi connectivity index (χ1) is 11.4. The smallest absolute Gasteiger partial charge is 0.223 e. The molecule has 1 aromatic carbocycles. The van der Waals surface area contributed by atoms with Crippen LogP contribution in [0.15, 0.2) is 42.7 Å². The molecule has 0 aliphatic rings. The number of amides is 1. The topological polar surface area (TPSA) is 68.9 Å². The maximum absolute atomic E-state index is 11.6. The van der Waals surface area contributed by atoms with Gasteiger partial charge in [0.2, 0.25) is 5.91 Å². The zero-order valence-corrected chi connectivity index (χ0v) is 14.5. The summed E-state index contributed by atoms with van der Waals surface area (Å²) < 4.78 is 0.762. The second-order valence-electron chi connectivity index (χ2n) is 5.71. The Labute approximate surface area is 144 Å². The maximum atomic E-state index is 11.6. The van der Waals surface area contributed by atoms with Crippen molar-refractivity contribution in [3.8, 4) is 21.7 Å². The number of pyridine rings is 1. The number of benzene rings is 1. The quantitative estimate of drug-likeness (QED) is 0.584. The van der Waals surface area contributed by atoms with Crippen LogP contribution in [-0.2, 0) is 4.79 Å². The minimum absolute atomic E-state index is 0.172. The summed E-state index contributed by atoms with van der Waals surface area (Å²) in [7, 11) is 0. The first kappa shape index (κ1) is 16.1. The average Bonchev–Trinajstić information content (AvgIpc) is 2.89. The van der Waals surface area contributed by atoms with Crippen molar-refractivity contribution in [2.24, 2.45) is 0 Å². The van der Waals surface area contributed by atoms with Crippen LogP contribution >= 0.6 is 11.3 Å². The van der Waals surface area contributed by atoms with E-state index in [1.807, 2.05) is 19.9 Å².